The Morgan fingerprint density at radius 2 is 2.27 bits per heavy atom. The number of nitriles is 1. The molecule has 2 rings (SSSR count). The number of fused-ring (bicyclic) bond motifs is 1. The molecular weight excluding hydrogens is 200 g/mol. The first-order valence-corrected chi connectivity index (χ1v) is 3.93. The molecule has 6 heteroatoms. The van der Waals surface area contributed by atoms with E-state index in [4.69, 9.17) is 9.68 Å². The molecule has 74 valence electrons. The lowest BCUT2D eigenvalue weighted by atomic mass is 10.2. The van der Waals surface area contributed by atoms with Crippen LogP contribution in [-0.2, 0) is 0 Å². The van der Waals surface area contributed by atoms with Crippen molar-refractivity contribution in [2.45, 2.75) is 0 Å². The number of hydrogen-bond donors (Lipinski definition) is 1. The van der Waals surface area contributed by atoms with E-state index in [2.05, 4.69) is 0 Å². The zero-order valence-electron chi connectivity index (χ0n) is 7.30. The van der Waals surface area contributed by atoms with Crippen LogP contribution in [0.25, 0.3) is 11.0 Å². The monoisotopic (exact) mass is 204 g/mol. The van der Waals surface area contributed by atoms with Crippen LogP contribution < -0.4 is 0 Å². The molecule has 0 radical (unpaired) electrons. The van der Waals surface area contributed by atoms with Gasteiger partial charge < -0.3 is 9.52 Å². The molecule has 0 atom stereocenters. The standard InChI is InChI=1S/C9H4N2O4/c10-4-6-3-5-1-2-7(12)8(11(13)14)9(5)15-6/h1-3,12H. The Morgan fingerprint density at radius 1 is 1.53 bits per heavy atom. The SMILES string of the molecule is N#Cc1cc2ccc(O)c([N+](=O)[O-])c2o1. The van der Waals surface area contributed by atoms with E-state index in [1.54, 1.807) is 6.07 Å². The number of nitro groups is 1. The molecule has 0 aliphatic carbocycles. The summed E-state index contributed by atoms with van der Waals surface area (Å²) in [5.74, 6) is -0.509. The Balaban J connectivity index is 2.87. The third-order valence-corrected chi connectivity index (χ3v) is 1.93. The number of rotatable bonds is 1. The van der Waals surface area contributed by atoms with E-state index in [9.17, 15) is 15.2 Å². The Kier molecular flexibility index (Phi) is 1.80. The summed E-state index contributed by atoms with van der Waals surface area (Å²) in [6, 6.07) is 5.75. The molecular formula is C9H4N2O4. The highest BCUT2D eigenvalue weighted by Gasteiger charge is 2.22. The molecule has 1 aromatic carbocycles. The van der Waals surface area contributed by atoms with Crippen molar-refractivity contribution in [1.29, 1.82) is 5.26 Å². The van der Waals surface area contributed by atoms with Gasteiger partial charge in [0.15, 0.2) is 5.75 Å². The van der Waals surface area contributed by atoms with Crippen molar-refractivity contribution >= 4 is 16.7 Å². The maximum absolute atomic E-state index is 10.6. The third kappa shape index (κ3) is 1.26. The van der Waals surface area contributed by atoms with Crippen molar-refractivity contribution < 1.29 is 14.4 Å². The van der Waals surface area contributed by atoms with Crippen molar-refractivity contribution in [3.8, 4) is 11.8 Å². The van der Waals surface area contributed by atoms with E-state index in [0.717, 1.165) is 0 Å². The first kappa shape index (κ1) is 9.02. The van der Waals surface area contributed by atoms with Crippen LogP contribution in [0.1, 0.15) is 5.76 Å². The largest absolute Gasteiger partial charge is 0.502 e. The van der Waals surface area contributed by atoms with Gasteiger partial charge in [-0.25, -0.2) is 0 Å². The summed E-state index contributed by atoms with van der Waals surface area (Å²) < 4.78 is 4.93. The summed E-state index contributed by atoms with van der Waals surface area (Å²) in [6.45, 7) is 0. The highest BCUT2D eigenvalue weighted by atomic mass is 16.6. The lowest BCUT2D eigenvalue weighted by molar-refractivity contribution is -0.384. The first-order valence-electron chi connectivity index (χ1n) is 3.93. The zero-order valence-corrected chi connectivity index (χ0v) is 7.30. The quantitative estimate of drug-likeness (QED) is 0.564. The average molecular weight is 204 g/mol. The minimum atomic E-state index is -0.748. The van der Waals surface area contributed by atoms with Crippen LogP contribution in [0.5, 0.6) is 5.75 Å². The second-order valence-electron chi connectivity index (χ2n) is 2.83. The first-order chi connectivity index (χ1) is 7.13. The smallest absolute Gasteiger partial charge is 0.353 e. The van der Waals surface area contributed by atoms with E-state index in [-0.39, 0.29) is 11.3 Å². The Labute approximate surface area is 83.1 Å². The van der Waals surface area contributed by atoms with Crippen LogP contribution in [0.15, 0.2) is 22.6 Å². The van der Waals surface area contributed by atoms with Crippen LogP contribution in [0.4, 0.5) is 5.69 Å². The molecule has 2 aromatic rings. The second-order valence-corrected chi connectivity index (χ2v) is 2.83. The molecule has 1 aromatic heterocycles. The molecule has 6 nitrogen and oxygen atoms in total. The highest BCUT2D eigenvalue weighted by Crippen LogP contribution is 2.35. The molecule has 0 aliphatic rings. The Bertz CT molecular complexity index is 594. The lowest BCUT2D eigenvalue weighted by Crippen LogP contribution is -1.88. The zero-order chi connectivity index (χ0) is 11.0. The molecule has 1 N–H and O–H groups in total. The van der Waals surface area contributed by atoms with Gasteiger partial charge in [-0.2, -0.15) is 5.26 Å². The fraction of sp³-hybridized carbons (Fsp3) is 0. The van der Waals surface area contributed by atoms with Crippen LogP contribution in [-0.4, -0.2) is 10.0 Å². The van der Waals surface area contributed by atoms with Crippen LogP contribution in [0.3, 0.4) is 0 Å². The Hall–Kier alpha value is -2.55. The molecule has 0 bridgehead atoms. The van der Waals surface area contributed by atoms with Crippen molar-refractivity contribution in [3.05, 3.63) is 34.1 Å². The van der Waals surface area contributed by atoms with Crippen molar-refractivity contribution in [3.63, 3.8) is 0 Å². The molecule has 0 saturated carbocycles. The fourth-order valence-electron chi connectivity index (χ4n) is 1.31. The van der Waals surface area contributed by atoms with Crippen LogP contribution >= 0.6 is 0 Å². The number of benzene rings is 1. The number of nitrogens with zero attached hydrogens (tertiary/aromatic N) is 2. The number of phenolic OH excluding ortho intramolecular Hbond substituents is 1. The minimum Gasteiger partial charge on any atom is -0.502 e. The number of furan rings is 1. The second kappa shape index (κ2) is 2.99. The third-order valence-electron chi connectivity index (χ3n) is 1.93. The molecule has 1 heterocycles. The topological polar surface area (TPSA) is 100 Å². The van der Waals surface area contributed by atoms with Gasteiger partial charge in [0.2, 0.25) is 11.3 Å². The maximum Gasteiger partial charge on any atom is 0.353 e. The summed E-state index contributed by atoms with van der Waals surface area (Å²) in [4.78, 5) is 9.89. The number of aromatic hydroxyl groups is 1. The molecule has 0 spiro atoms. The number of phenols is 1. The molecule has 0 unspecified atom stereocenters. The van der Waals surface area contributed by atoms with Gasteiger partial charge in [0.1, 0.15) is 6.07 Å². The van der Waals surface area contributed by atoms with Crippen LogP contribution in [0, 0.1) is 21.4 Å². The van der Waals surface area contributed by atoms with E-state index in [1.807, 2.05) is 0 Å². The number of nitro benzene ring substituents is 1. The summed E-state index contributed by atoms with van der Waals surface area (Å²) in [5.41, 5.74) is -0.606. The van der Waals surface area contributed by atoms with E-state index < -0.39 is 16.4 Å². The average Bonchev–Trinajstić information content (AvgIpc) is 2.59. The fourth-order valence-corrected chi connectivity index (χ4v) is 1.31. The minimum absolute atomic E-state index is 0.0290. The van der Waals surface area contributed by atoms with Gasteiger partial charge in [0.05, 0.1) is 4.92 Å². The summed E-state index contributed by atoms with van der Waals surface area (Å²) >= 11 is 0. The predicted octanol–water partition coefficient (Wildman–Crippen LogP) is 1.92. The van der Waals surface area contributed by atoms with Gasteiger partial charge in [-0.15, -0.1) is 0 Å². The summed E-state index contributed by atoms with van der Waals surface area (Å²) in [7, 11) is 0. The van der Waals surface area contributed by atoms with Gasteiger partial charge in [-0.1, -0.05) is 0 Å². The lowest BCUT2D eigenvalue weighted by Gasteiger charge is -1.94. The summed E-state index contributed by atoms with van der Waals surface area (Å²) in [6.07, 6.45) is 0. The van der Waals surface area contributed by atoms with Gasteiger partial charge in [0, 0.05) is 11.5 Å². The maximum atomic E-state index is 10.6. The van der Waals surface area contributed by atoms with Gasteiger partial charge in [0.25, 0.3) is 0 Å². The molecule has 0 fully saturated rings. The molecule has 15 heavy (non-hydrogen) atoms. The van der Waals surface area contributed by atoms with E-state index in [0.29, 0.717) is 5.39 Å². The van der Waals surface area contributed by atoms with E-state index >= 15 is 0 Å². The van der Waals surface area contributed by atoms with Crippen molar-refractivity contribution in [2.24, 2.45) is 0 Å². The number of hydrogen-bond acceptors (Lipinski definition) is 5. The van der Waals surface area contributed by atoms with Gasteiger partial charge >= 0.3 is 5.69 Å². The van der Waals surface area contributed by atoms with Crippen molar-refractivity contribution in [1.82, 2.24) is 0 Å². The predicted molar refractivity (Wildman–Crippen MR) is 49.2 cm³/mol. The molecule has 0 aliphatic heterocycles. The van der Waals surface area contributed by atoms with Gasteiger partial charge in [-0.3, -0.25) is 10.1 Å². The normalized spacial score (nSPS) is 10.1. The summed E-state index contributed by atoms with van der Waals surface area (Å²) in [5, 5.41) is 28.9. The van der Waals surface area contributed by atoms with Crippen molar-refractivity contribution in [2.75, 3.05) is 0 Å². The van der Waals surface area contributed by atoms with Crippen LogP contribution in [0.2, 0.25) is 0 Å². The van der Waals surface area contributed by atoms with Gasteiger partial charge in [-0.05, 0) is 12.1 Å². The Morgan fingerprint density at radius 3 is 2.87 bits per heavy atom. The highest BCUT2D eigenvalue weighted by molar-refractivity contribution is 5.89. The van der Waals surface area contributed by atoms with E-state index in [1.165, 1.54) is 18.2 Å². The molecule has 0 amide bonds. The molecule has 0 saturated heterocycles.